The summed E-state index contributed by atoms with van der Waals surface area (Å²) in [4.78, 5) is 17.6. The van der Waals surface area contributed by atoms with Gasteiger partial charge in [0, 0.05) is 18.2 Å². The maximum atomic E-state index is 13.1. The van der Waals surface area contributed by atoms with Crippen LogP contribution in [0.5, 0.6) is 5.75 Å². The first kappa shape index (κ1) is 24.1. The third kappa shape index (κ3) is 4.64. The van der Waals surface area contributed by atoms with E-state index in [0.29, 0.717) is 56.5 Å². The van der Waals surface area contributed by atoms with Crippen LogP contribution in [0.3, 0.4) is 0 Å². The molecule has 1 aliphatic heterocycles. The number of quaternary nitrogens is 1. The first-order chi connectivity index (χ1) is 16.4. The zero-order valence-electron chi connectivity index (χ0n) is 20.4. The van der Waals surface area contributed by atoms with Gasteiger partial charge in [0.1, 0.15) is 32.0 Å². The molecule has 0 bridgehead atoms. The molecule has 0 atom stereocenters. The van der Waals surface area contributed by atoms with Crippen molar-refractivity contribution >= 4 is 17.3 Å². The van der Waals surface area contributed by atoms with E-state index < -0.39 is 0 Å². The van der Waals surface area contributed by atoms with Gasteiger partial charge in [-0.3, -0.25) is 4.99 Å². The van der Waals surface area contributed by atoms with Crippen LogP contribution >= 0.6 is 0 Å². The molecule has 0 radical (unpaired) electrons. The Bertz CT molecular complexity index is 1130. The van der Waals surface area contributed by atoms with Crippen LogP contribution in [0.1, 0.15) is 34.7 Å². The fourth-order valence-electron chi connectivity index (χ4n) is 4.76. The van der Waals surface area contributed by atoms with Crippen molar-refractivity contribution in [1.82, 2.24) is 0 Å². The number of carbonyl (C=O) groups is 1. The smallest absolute Gasteiger partial charge is 0.340 e. The van der Waals surface area contributed by atoms with Crippen molar-refractivity contribution in [1.29, 1.82) is 0 Å². The minimum Gasteiger partial charge on any atom is -0.488 e. The van der Waals surface area contributed by atoms with Crippen molar-refractivity contribution in [2.45, 2.75) is 20.8 Å². The highest BCUT2D eigenvalue weighted by atomic mass is 16.6. The van der Waals surface area contributed by atoms with Gasteiger partial charge < -0.3 is 14.2 Å². The summed E-state index contributed by atoms with van der Waals surface area (Å²) in [6.45, 7) is 9.27. The van der Waals surface area contributed by atoms with E-state index in [-0.39, 0.29) is 17.2 Å². The van der Waals surface area contributed by atoms with E-state index in [2.05, 4.69) is 31.0 Å². The monoisotopic (exact) mass is 465 g/mol. The second-order valence-electron chi connectivity index (χ2n) is 8.74. The summed E-state index contributed by atoms with van der Waals surface area (Å²) < 4.78 is 16.8. The number of aryl methyl sites for hydroxylation is 2. The number of hydroxylamine groups is 3. The number of morpholine rings is 1. The molecule has 2 aromatic carbocycles. The molecule has 0 saturated carbocycles. The van der Waals surface area contributed by atoms with Crippen molar-refractivity contribution < 1.29 is 28.9 Å². The number of fused-ring (bicyclic) bond motifs is 1. The second-order valence-corrected chi connectivity index (χ2v) is 8.74. The Morgan fingerprint density at radius 3 is 2.47 bits per heavy atom. The lowest BCUT2D eigenvalue weighted by Crippen LogP contribution is -2.54. The van der Waals surface area contributed by atoms with Gasteiger partial charge in [-0.1, -0.05) is 18.2 Å². The Labute approximate surface area is 200 Å². The molecule has 2 aromatic rings. The number of esters is 1. The predicted octanol–water partition coefficient (Wildman–Crippen LogP) is 3.72. The minimum atomic E-state index is -0.376. The molecule has 2 aliphatic rings. The predicted molar refractivity (Wildman–Crippen MR) is 130 cm³/mol. The van der Waals surface area contributed by atoms with E-state index in [9.17, 15) is 10.0 Å². The Kier molecular flexibility index (Phi) is 7.16. The van der Waals surface area contributed by atoms with Gasteiger partial charge >= 0.3 is 5.97 Å². The van der Waals surface area contributed by atoms with Crippen LogP contribution in [-0.4, -0.2) is 74.6 Å². The van der Waals surface area contributed by atoms with Gasteiger partial charge in [0.2, 0.25) is 0 Å². The Morgan fingerprint density at radius 1 is 1.12 bits per heavy atom. The van der Waals surface area contributed by atoms with Crippen LogP contribution in [0.25, 0.3) is 5.57 Å². The average Bonchev–Trinajstić information content (AvgIpc) is 3.13. The summed E-state index contributed by atoms with van der Waals surface area (Å²) in [5.41, 5.74) is 6.93. The number of ether oxygens (including phenoxy) is 3. The molecule has 7 nitrogen and oxygen atoms in total. The molecular formula is C27H33N2O5+. The molecule has 1 aliphatic carbocycles. The lowest BCUT2D eigenvalue weighted by Gasteiger charge is -2.33. The fraction of sp³-hybridized carbons (Fsp3) is 0.407. The molecule has 34 heavy (non-hydrogen) atoms. The van der Waals surface area contributed by atoms with Gasteiger partial charge in [0.05, 0.1) is 31.1 Å². The van der Waals surface area contributed by atoms with Crippen LogP contribution in [0.4, 0.5) is 0 Å². The fourth-order valence-corrected chi connectivity index (χ4v) is 4.76. The molecule has 0 amide bonds. The first-order valence-electron chi connectivity index (χ1n) is 11.8. The number of benzene rings is 2. The summed E-state index contributed by atoms with van der Waals surface area (Å²) in [5.74, 6) is 0.296. The van der Waals surface area contributed by atoms with Crippen molar-refractivity contribution in [2.24, 2.45) is 4.99 Å². The first-order valence-corrected chi connectivity index (χ1v) is 11.8. The van der Waals surface area contributed by atoms with Crippen LogP contribution in [0.2, 0.25) is 0 Å². The summed E-state index contributed by atoms with van der Waals surface area (Å²) in [6, 6.07) is 11.9. The largest absolute Gasteiger partial charge is 0.488 e. The van der Waals surface area contributed by atoms with Gasteiger partial charge in [-0.2, -0.15) is 4.65 Å². The van der Waals surface area contributed by atoms with Gasteiger partial charge in [0.15, 0.2) is 0 Å². The number of hydrogen-bond donors (Lipinski definition) is 1. The van der Waals surface area contributed by atoms with E-state index in [1.807, 2.05) is 24.3 Å². The zero-order valence-corrected chi connectivity index (χ0v) is 20.4. The number of rotatable bonds is 7. The highest BCUT2D eigenvalue weighted by Gasteiger charge is 2.35. The van der Waals surface area contributed by atoms with Gasteiger partial charge in [-0.15, -0.1) is 0 Å². The molecule has 1 N–H and O–H groups in total. The average molecular weight is 466 g/mol. The Balaban J connectivity index is 1.69. The molecule has 7 heteroatoms. The van der Waals surface area contributed by atoms with Crippen LogP contribution in [0.15, 0.2) is 47.0 Å². The van der Waals surface area contributed by atoms with Crippen LogP contribution in [-0.2, 0) is 14.3 Å². The highest BCUT2D eigenvalue weighted by molar-refractivity contribution is 6.37. The van der Waals surface area contributed by atoms with Gasteiger partial charge in [-0.25, -0.2) is 10.0 Å². The molecular weight excluding hydrogens is 432 g/mol. The molecule has 0 spiro atoms. The standard InChI is InChI=1S/C27H33N2O5/c1-5-33-27(30)25-24(23-18(2)7-6-8-19(23)3)21-10-9-20(17-22(21)26(25)28-4)34-16-13-29(31)11-14-32-15-12-29/h6-10,17,31H,5,11-16H2,1-4H3/q+1. The topological polar surface area (TPSA) is 77.4 Å². The molecule has 4 rings (SSSR count). The van der Waals surface area contributed by atoms with E-state index in [1.165, 1.54) is 0 Å². The van der Waals surface area contributed by atoms with E-state index in [1.54, 1.807) is 14.0 Å². The molecule has 180 valence electrons. The molecule has 0 aromatic heterocycles. The third-order valence-corrected chi connectivity index (χ3v) is 6.52. The van der Waals surface area contributed by atoms with E-state index in [0.717, 1.165) is 33.4 Å². The lowest BCUT2D eigenvalue weighted by atomic mass is 9.90. The number of carbonyl (C=O) groups excluding carboxylic acids is 1. The van der Waals surface area contributed by atoms with Crippen molar-refractivity contribution in [3.8, 4) is 5.75 Å². The number of aliphatic imine (C=N–C) groups is 1. The van der Waals surface area contributed by atoms with Crippen LogP contribution < -0.4 is 4.74 Å². The van der Waals surface area contributed by atoms with Gasteiger partial charge in [0.25, 0.3) is 0 Å². The quantitative estimate of drug-likeness (QED) is 0.498. The molecule has 0 unspecified atom stereocenters. The van der Waals surface area contributed by atoms with Crippen LogP contribution in [0, 0.1) is 13.8 Å². The van der Waals surface area contributed by atoms with E-state index in [4.69, 9.17) is 14.2 Å². The highest BCUT2D eigenvalue weighted by Crippen LogP contribution is 2.42. The summed E-state index contributed by atoms with van der Waals surface area (Å²) in [7, 11) is 1.69. The third-order valence-electron chi connectivity index (χ3n) is 6.52. The Morgan fingerprint density at radius 2 is 1.82 bits per heavy atom. The second kappa shape index (κ2) is 10.1. The van der Waals surface area contributed by atoms with Crippen molar-refractivity contribution in [3.05, 3.63) is 69.8 Å². The number of hydrogen-bond acceptors (Lipinski definition) is 6. The minimum absolute atomic E-state index is 0.0438. The normalized spacial score (nSPS) is 18.2. The van der Waals surface area contributed by atoms with Gasteiger partial charge in [-0.05, 0) is 61.2 Å². The Hall–Kier alpha value is -3.00. The molecule has 1 fully saturated rings. The summed E-state index contributed by atoms with van der Waals surface area (Å²) in [5, 5.41) is 10.6. The maximum Gasteiger partial charge on any atom is 0.340 e. The zero-order chi connectivity index (χ0) is 24.3. The molecule has 1 heterocycles. The van der Waals surface area contributed by atoms with E-state index >= 15 is 0 Å². The SMILES string of the molecule is CCOC(=O)C1=C(c2c(C)cccc2C)c2ccc(OCC[N+]3(O)CCOCC3)cc2C1=NC. The molecule has 1 saturated heterocycles. The number of nitrogens with zero attached hydrogens (tertiary/aromatic N) is 2. The van der Waals surface area contributed by atoms with Crippen molar-refractivity contribution in [3.63, 3.8) is 0 Å². The summed E-state index contributed by atoms with van der Waals surface area (Å²) in [6.07, 6.45) is 0. The van der Waals surface area contributed by atoms with Crippen molar-refractivity contribution in [2.75, 3.05) is 53.1 Å². The summed E-state index contributed by atoms with van der Waals surface area (Å²) >= 11 is 0. The maximum absolute atomic E-state index is 13.1. The lowest BCUT2D eigenvalue weighted by molar-refractivity contribution is -1.11.